The lowest BCUT2D eigenvalue weighted by Crippen LogP contribution is -2.34. The molecule has 1 atom stereocenters. The third-order valence-electron chi connectivity index (χ3n) is 4.28. The summed E-state index contributed by atoms with van der Waals surface area (Å²) < 4.78 is 53.5. The van der Waals surface area contributed by atoms with Crippen LogP contribution in [0.1, 0.15) is 35.8 Å². The molecule has 1 aliphatic rings. The van der Waals surface area contributed by atoms with Crippen LogP contribution < -0.4 is 5.32 Å². The van der Waals surface area contributed by atoms with E-state index in [1.54, 1.807) is 0 Å². The summed E-state index contributed by atoms with van der Waals surface area (Å²) in [4.78, 5) is 15.8. The average Bonchev–Trinajstić information content (AvgIpc) is 3.37. The van der Waals surface area contributed by atoms with Crippen LogP contribution in [0.4, 0.5) is 17.6 Å². The molecule has 0 saturated heterocycles. The molecule has 3 nitrogen and oxygen atoms in total. The Bertz CT molecular complexity index is 829. The molecule has 3 rings (SSSR count). The van der Waals surface area contributed by atoms with Crippen LogP contribution in [0.5, 0.6) is 0 Å². The highest BCUT2D eigenvalue weighted by Crippen LogP contribution is 2.37. The van der Waals surface area contributed by atoms with Crippen LogP contribution in [0, 0.1) is 11.7 Å². The maximum Gasteiger partial charge on any atom is 0.433 e. The van der Waals surface area contributed by atoms with E-state index in [0.717, 1.165) is 37.2 Å². The summed E-state index contributed by atoms with van der Waals surface area (Å²) in [6, 6.07) is 4.10. The van der Waals surface area contributed by atoms with Crippen molar-refractivity contribution in [2.24, 2.45) is 5.92 Å². The highest BCUT2D eigenvalue weighted by atomic mass is 35.5. The Morgan fingerprint density at radius 3 is 2.54 bits per heavy atom. The lowest BCUT2D eigenvalue weighted by Gasteiger charge is -2.16. The summed E-state index contributed by atoms with van der Waals surface area (Å²) in [5.41, 5.74) is -1.72. The van der Waals surface area contributed by atoms with Crippen molar-refractivity contribution in [3.63, 3.8) is 0 Å². The third kappa shape index (κ3) is 4.15. The Kier molecular flexibility index (Phi) is 4.92. The molecule has 0 bridgehead atoms. The van der Waals surface area contributed by atoms with Crippen LogP contribution in [0.2, 0.25) is 5.02 Å². The van der Waals surface area contributed by atoms with Crippen LogP contribution >= 0.6 is 11.6 Å². The van der Waals surface area contributed by atoms with E-state index in [1.165, 1.54) is 6.07 Å². The second kappa shape index (κ2) is 6.87. The van der Waals surface area contributed by atoms with Crippen LogP contribution in [-0.4, -0.2) is 16.9 Å². The zero-order chi connectivity index (χ0) is 19.1. The molecule has 8 heteroatoms. The Morgan fingerprint density at radius 2 is 1.96 bits per heavy atom. The number of pyridine rings is 1. The fourth-order valence-corrected chi connectivity index (χ4v) is 2.97. The maximum absolute atomic E-state index is 13.6. The van der Waals surface area contributed by atoms with E-state index in [9.17, 15) is 22.4 Å². The van der Waals surface area contributed by atoms with E-state index in [4.69, 9.17) is 11.6 Å². The zero-order valence-corrected chi connectivity index (χ0v) is 14.5. The van der Waals surface area contributed by atoms with Crippen molar-refractivity contribution in [3.8, 4) is 11.1 Å². The van der Waals surface area contributed by atoms with Crippen molar-refractivity contribution in [2.45, 2.75) is 32.0 Å². The van der Waals surface area contributed by atoms with Crippen molar-refractivity contribution >= 4 is 17.5 Å². The molecule has 1 aliphatic carbocycles. The van der Waals surface area contributed by atoms with Gasteiger partial charge < -0.3 is 5.32 Å². The fourth-order valence-electron chi connectivity index (χ4n) is 2.75. The number of hydrogen-bond donors (Lipinski definition) is 1. The standard InChI is InChI=1S/C18H15ClF4N2O/c1-9(10-2-3-10)25-17(26)12-6-15(16(24-8-12)18(21,22)23)11-4-13(19)7-14(20)5-11/h4-10H,2-3H2,1H3,(H,25,26)/t9-/m0/s1. The van der Waals surface area contributed by atoms with E-state index in [1.807, 2.05) is 6.92 Å². The Balaban J connectivity index is 2.02. The number of nitrogens with one attached hydrogen (secondary N) is 1. The summed E-state index contributed by atoms with van der Waals surface area (Å²) >= 11 is 5.76. The average molecular weight is 387 g/mol. The Labute approximate surface area is 152 Å². The van der Waals surface area contributed by atoms with Gasteiger partial charge in [0.25, 0.3) is 5.91 Å². The van der Waals surface area contributed by atoms with E-state index >= 15 is 0 Å². The predicted molar refractivity (Wildman–Crippen MR) is 89.3 cm³/mol. The summed E-state index contributed by atoms with van der Waals surface area (Å²) in [7, 11) is 0. The van der Waals surface area contributed by atoms with E-state index in [0.29, 0.717) is 5.92 Å². The van der Waals surface area contributed by atoms with Gasteiger partial charge in [-0.25, -0.2) is 4.39 Å². The summed E-state index contributed by atoms with van der Waals surface area (Å²) in [5, 5.41) is 2.71. The van der Waals surface area contributed by atoms with Gasteiger partial charge in [0.15, 0.2) is 5.69 Å². The van der Waals surface area contributed by atoms with Crippen LogP contribution in [0.25, 0.3) is 11.1 Å². The number of carbonyl (C=O) groups is 1. The normalized spacial score (nSPS) is 15.6. The van der Waals surface area contributed by atoms with E-state index < -0.39 is 29.2 Å². The topological polar surface area (TPSA) is 42.0 Å². The molecule has 1 amide bonds. The number of rotatable bonds is 4. The molecular weight excluding hydrogens is 372 g/mol. The van der Waals surface area contributed by atoms with Gasteiger partial charge in [-0.1, -0.05) is 11.6 Å². The van der Waals surface area contributed by atoms with Gasteiger partial charge in [-0.15, -0.1) is 0 Å². The number of alkyl halides is 3. The van der Waals surface area contributed by atoms with Crippen molar-refractivity contribution in [1.82, 2.24) is 10.3 Å². The van der Waals surface area contributed by atoms with Gasteiger partial charge >= 0.3 is 6.18 Å². The van der Waals surface area contributed by atoms with E-state index in [2.05, 4.69) is 10.3 Å². The number of benzene rings is 1. The lowest BCUT2D eigenvalue weighted by molar-refractivity contribution is -0.140. The quantitative estimate of drug-likeness (QED) is 0.744. The van der Waals surface area contributed by atoms with E-state index in [-0.39, 0.29) is 22.2 Å². The molecule has 1 N–H and O–H groups in total. The summed E-state index contributed by atoms with van der Waals surface area (Å²) in [6.07, 6.45) is -1.86. The van der Waals surface area contributed by atoms with Crippen molar-refractivity contribution < 1.29 is 22.4 Å². The Morgan fingerprint density at radius 1 is 1.27 bits per heavy atom. The van der Waals surface area contributed by atoms with Gasteiger partial charge in [0.1, 0.15) is 5.82 Å². The molecule has 26 heavy (non-hydrogen) atoms. The second-order valence-electron chi connectivity index (χ2n) is 6.38. The first-order chi connectivity index (χ1) is 12.1. The minimum atomic E-state index is -4.76. The second-order valence-corrected chi connectivity index (χ2v) is 6.81. The molecular formula is C18H15ClF4N2O. The minimum absolute atomic E-state index is 0.0270. The monoisotopic (exact) mass is 386 g/mol. The SMILES string of the molecule is C[C@H](NC(=O)c1cnc(C(F)(F)F)c(-c2cc(F)cc(Cl)c2)c1)C1CC1. The fraction of sp³-hybridized carbons (Fsp3) is 0.333. The van der Waals surface area contributed by atoms with Gasteiger partial charge in [-0.05, 0) is 55.5 Å². The minimum Gasteiger partial charge on any atom is -0.349 e. The van der Waals surface area contributed by atoms with Crippen molar-refractivity contribution in [3.05, 3.63) is 52.6 Å². The summed E-state index contributed by atoms with van der Waals surface area (Å²) in [5.74, 6) is -0.907. The van der Waals surface area contributed by atoms with Crippen molar-refractivity contribution in [1.29, 1.82) is 0 Å². The number of nitrogens with zero attached hydrogens (tertiary/aromatic N) is 1. The Hall–Kier alpha value is -2.15. The van der Waals surface area contributed by atoms with Crippen LogP contribution in [-0.2, 0) is 6.18 Å². The van der Waals surface area contributed by atoms with Crippen molar-refractivity contribution in [2.75, 3.05) is 0 Å². The van der Waals surface area contributed by atoms with Crippen LogP contribution in [0.15, 0.2) is 30.5 Å². The number of aromatic nitrogens is 1. The van der Waals surface area contributed by atoms with Gasteiger partial charge in [-0.2, -0.15) is 13.2 Å². The smallest absolute Gasteiger partial charge is 0.349 e. The van der Waals surface area contributed by atoms with Gasteiger partial charge in [0, 0.05) is 22.8 Å². The molecule has 0 spiro atoms. The number of hydrogen-bond acceptors (Lipinski definition) is 2. The van der Waals surface area contributed by atoms with Crippen LogP contribution in [0.3, 0.4) is 0 Å². The first kappa shape index (κ1) is 18.6. The molecule has 2 aromatic rings. The van der Waals surface area contributed by atoms with Gasteiger partial charge in [-0.3, -0.25) is 9.78 Å². The highest BCUT2D eigenvalue weighted by molar-refractivity contribution is 6.30. The molecule has 1 saturated carbocycles. The highest BCUT2D eigenvalue weighted by Gasteiger charge is 2.36. The molecule has 0 unspecified atom stereocenters. The lowest BCUT2D eigenvalue weighted by atomic mass is 10.0. The molecule has 138 valence electrons. The molecule has 0 radical (unpaired) electrons. The van der Waals surface area contributed by atoms with Gasteiger partial charge in [0.2, 0.25) is 0 Å². The molecule has 0 aliphatic heterocycles. The number of halogens is 5. The first-order valence-corrected chi connectivity index (χ1v) is 8.37. The first-order valence-electron chi connectivity index (χ1n) is 7.99. The predicted octanol–water partition coefficient (Wildman–Crippen LogP) is 5.09. The maximum atomic E-state index is 13.6. The van der Waals surface area contributed by atoms with Gasteiger partial charge in [0.05, 0.1) is 5.56 Å². The number of amides is 1. The largest absolute Gasteiger partial charge is 0.433 e. The molecule has 1 aromatic heterocycles. The molecule has 1 heterocycles. The molecule has 1 fully saturated rings. The summed E-state index contributed by atoms with van der Waals surface area (Å²) in [6.45, 7) is 1.85. The molecule has 1 aromatic carbocycles. The third-order valence-corrected chi connectivity index (χ3v) is 4.50. The zero-order valence-electron chi connectivity index (χ0n) is 13.7. The number of carbonyl (C=O) groups excluding carboxylic acids is 1.